The average Bonchev–Trinajstić information content (AvgIpc) is 3.10. The van der Waals surface area contributed by atoms with Crippen LogP contribution in [-0.4, -0.2) is 50.5 Å². The zero-order valence-corrected chi connectivity index (χ0v) is 15.7. The third-order valence-electron chi connectivity index (χ3n) is 5.19. The lowest BCUT2D eigenvalue weighted by Gasteiger charge is -2.35. The topological polar surface area (TPSA) is 102 Å². The summed E-state index contributed by atoms with van der Waals surface area (Å²) in [5.74, 6) is 1.43. The van der Waals surface area contributed by atoms with Crippen molar-refractivity contribution in [2.45, 2.75) is 38.0 Å². The Morgan fingerprint density at radius 1 is 1.25 bits per heavy atom. The molecule has 0 aliphatic heterocycles. The number of ether oxygens (including phenoxy) is 1. The van der Waals surface area contributed by atoms with Crippen LogP contribution in [0.5, 0.6) is 0 Å². The van der Waals surface area contributed by atoms with Gasteiger partial charge in [-0.3, -0.25) is 4.79 Å². The van der Waals surface area contributed by atoms with Crippen molar-refractivity contribution in [3.63, 3.8) is 0 Å². The fraction of sp³-hybridized carbons (Fsp3) is 0.400. The van der Waals surface area contributed by atoms with Gasteiger partial charge in [-0.05, 0) is 25.0 Å². The normalized spacial score (nSPS) is 18.8. The van der Waals surface area contributed by atoms with Gasteiger partial charge in [-0.2, -0.15) is 0 Å². The standard InChI is InChI=1S/C20H23N5O3/c1-28-9-8-25-18(12-26)23-24-19(25)14-10-15(11-14)21-20(27)17-7-6-13-4-2-3-5-16(13)22-17/h2-7,14-15,26H,8-12H2,1H3,(H,21,27). The van der Waals surface area contributed by atoms with Crippen molar-refractivity contribution in [1.82, 2.24) is 25.1 Å². The Balaban J connectivity index is 1.39. The number of nitrogens with zero attached hydrogens (tertiary/aromatic N) is 4. The molecular weight excluding hydrogens is 358 g/mol. The molecule has 1 saturated carbocycles. The van der Waals surface area contributed by atoms with Gasteiger partial charge in [-0.25, -0.2) is 4.98 Å². The van der Waals surface area contributed by atoms with Gasteiger partial charge in [0, 0.05) is 31.0 Å². The number of aliphatic hydroxyl groups excluding tert-OH is 1. The third-order valence-corrected chi connectivity index (χ3v) is 5.19. The fourth-order valence-electron chi connectivity index (χ4n) is 3.59. The van der Waals surface area contributed by atoms with Crippen molar-refractivity contribution in [2.75, 3.05) is 13.7 Å². The number of carbonyl (C=O) groups excluding carboxylic acids is 1. The number of methoxy groups -OCH3 is 1. The SMILES string of the molecule is COCCn1c(CO)nnc1C1CC(NC(=O)c2ccc3ccccc3n2)C1. The molecule has 8 heteroatoms. The first-order valence-electron chi connectivity index (χ1n) is 9.38. The van der Waals surface area contributed by atoms with Gasteiger partial charge in [-0.15, -0.1) is 10.2 Å². The second-order valence-electron chi connectivity index (χ2n) is 7.00. The van der Waals surface area contributed by atoms with Crippen LogP contribution in [0.2, 0.25) is 0 Å². The number of aliphatic hydroxyl groups is 1. The number of aromatic nitrogens is 4. The highest BCUT2D eigenvalue weighted by molar-refractivity contribution is 5.95. The zero-order chi connectivity index (χ0) is 19.5. The summed E-state index contributed by atoms with van der Waals surface area (Å²) in [6.07, 6.45) is 1.58. The highest BCUT2D eigenvalue weighted by Gasteiger charge is 2.35. The van der Waals surface area contributed by atoms with Crippen molar-refractivity contribution in [3.05, 3.63) is 53.7 Å². The van der Waals surface area contributed by atoms with E-state index >= 15 is 0 Å². The Labute approximate surface area is 162 Å². The quantitative estimate of drug-likeness (QED) is 0.645. The summed E-state index contributed by atoms with van der Waals surface area (Å²) in [5.41, 5.74) is 1.23. The van der Waals surface area contributed by atoms with E-state index in [9.17, 15) is 9.90 Å². The molecule has 1 aromatic carbocycles. The van der Waals surface area contributed by atoms with Crippen LogP contribution < -0.4 is 5.32 Å². The van der Waals surface area contributed by atoms with Crippen LogP contribution in [0.15, 0.2) is 36.4 Å². The number of fused-ring (bicyclic) bond motifs is 1. The second kappa shape index (κ2) is 8.04. The maximum absolute atomic E-state index is 12.5. The molecule has 2 N–H and O–H groups in total. The van der Waals surface area contributed by atoms with Crippen molar-refractivity contribution >= 4 is 16.8 Å². The summed E-state index contributed by atoms with van der Waals surface area (Å²) in [4.78, 5) is 17.0. The molecule has 3 aromatic rings. The van der Waals surface area contributed by atoms with Crippen molar-refractivity contribution in [1.29, 1.82) is 0 Å². The van der Waals surface area contributed by atoms with Crippen LogP contribution in [-0.2, 0) is 17.9 Å². The number of nitrogens with one attached hydrogen (secondary N) is 1. The predicted molar refractivity (Wildman–Crippen MR) is 103 cm³/mol. The van der Waals surface area contributed by atoms with E-state index in [1.54, 1.807) is 13.2 Å². The molecular formula is C20H23N5O3. The maximum Gasteiger partial charge on any atom is 0.270 e. The minimum Gasteiger partial charge on any atom is -0.388 e. The number of hydrogen-bond acceptors (Lipinski definition) is 6. The van der Waals surface area contributed by atoms with E-state index in [1.807, 2.05) is 34.9 Å². The number of pyridine rings is 1. The molecule has 1 aliphatic carbocycles. The van der Waals surface area contributed by atoms with E-state index in [-0.39, 0.29) is 24.5 Å². The number of carbonyl (C=O) groups is 1. The summed E-state index contributed by atoms with van der Waals surface area (Å²) in [6, 6.07) is 11.5. The van der Waals surface area contributed by atoms with E-state index in [4.69, 9.17) is 4.74 Å². The minimum absolute atomic E-state index is 0.0796. The van der Waals surface area contributed by atoms with Gasteiger partial charge in [0.1, 0.15) is 18.1 Å². The van der Waals surface area contributed by atoms with Gasteiger partial charge in [-0.1, -0.05) is 24.3 Å². The Hall–Kier alpha value is -2.84. The summed E-state index contributed by atoms with van der Waals surface area (Å²) < 4.78 is 7.05. The van der Waals surface area contributed by atoms with Crippen LogP contribution >= 0.6 is 0 Å². The Kier molecular flexibility index (Phi) is 5.31. The number of benzene rings is 1. The zero-order valence-electron chi connectivity index (χ0n) is 15.7. The van der Waals surface area contributed by atoms with E-state index in [2.05, 4.69) is 20.5 Å². The highest BCUT2D eigenvalue weighted by Crippen LogP contribution is 2.36. The Morgan fingerprint density at radius 3 is 2.86 bits per heavy atom. The monoisotopic (exact) mass is 381 g/mol. The molecule has 2 aromatic heterocycles. The first-order chi connectivity index (χ1) is 13.7. The van der Waals surface area contributed by atoms with Crippen LogP contribution in [0.1, 0.15) is 40.9 Å². The molecule has 0 saturated heterocycles. The van der Waals surface area contributed by atoms with Crippen LogP contribution in [0.4, 0.5) is 0 Å². The largest absolute Gasteiger partial charge is 0.388 e. The summed E-state index contributed by atoms with van der Waals surface area (Å²) in [7, 11) is 1.64. The molecule has 28 heavy (non-hydrogen) atoms. The number of hydrogen-bond donors (Lipinski definition) is 2. The third kappa shape index (κ3) is 3.61. The van der Waals surface area contributed by atoms with E-state index < -0.39 is 0 Å². The van der Waals surface area contributed by atoms with Gasteiger partial charge < -0.3 is 19.7 Å². The maximum atomic E-state index is 12.5. The predicted octanol–water partition coefficient (Wildman–Crippen LogP) is 1.64. The smallest absolute Gasteiger partial charge is 0.270 e. The Bertz CT molecular complexity index is 981. The fourth-order valence-corrected chi connectivity index (χ4v) is 3.59. The van der Waals surface area contributed by atoms with E-state index in [0.29, 0.717) is 24.7 Å². The molecule has 0 atom stereocenters. The molecule has 0 bridgehead atoms. The average molecular weight is 381 g/mol. The molecule has 8 nitrogen and oxygen atoms in total. The molecule has 0 unspecified atom stereocenters. The lowest BCUT2D eigenvalue weighted by molar-refractivity contribution is 0.0901. The molecule has 4 rings (SSSR count). The van der Waals surface area contributed by atoms with E-state index in [1.165, 1.54) is 0 Å². The molecule has 1 amide bonds. The van der Waals surface area contributed by atoms with Gasteiger partial charge in [0.2, 0.25) is 0 Å². The molecule has 0 spiro atoms. The van der Waals surface area contributed by atoms with Gasteiger partial charge in [0.15, 0.2) is 5.82 Å². The van der Waals surface area contributed by atoms with Crippen molar-refractivity contribution < 1.29 is 14.6 Å². The first-order valence-corrected chi connectivity index (χ1v) is 9.38. The second-order valence-corrected chi connectivity index (χ2v) is 7.00. The highest BCUT2D eigenvalue weighted by atomic mass is 16.5. The molecule has 1 aliphatic rings. The summed E-state index contributed by atoms with van der Waals surface area (Å²) in [5, 5.41) is 21.8. The van der Waals surface area contributed by atoms with Crippen LogP contribution in [0.3, 0.4) is 0 Å². The molecule has 146 valence electrons. The van der Waals surface area contributed by atoms with Gasteiger partial charge >= 0.3 is 0 Å². The summed E-state index contributed by atoms with van der Waals surface area (Å²) >= 11 is 0. The molecule has 2 heterocycles. The van der Waals surface area contributed by atoms with Gasteiger partial charge in [0.25, 0.3) is 5.91 Å². The number of rotatable bonds is 7. The van der Waals surface area contributed by atoms with Gasteiger partial charge in [0.05, 0.1) is 12.1 Å². The van der Waals surface area contributed by atoms with Crippen LogP contribution in [0, 0.1) is 0 Å². The minimum atomic E-state index is -0.161. The number of para-hydroxylation sites is 1. The molecule has 0 radical (unpaired) electrons. The van der Waals surface area contributed by atoms with Crippen LogP contribution in [0.25, 0.3) is 10.9 Å². The van der Waals surface area contributed by atoms with E-state index in [0.717, 1.165) is 29.6 Å². The Morgan fingerprint density at radius 2 is 2.07 bits per heavy atom. The van der Waals surface area contributed by atoms with Crippen molar-refractivity contribution in [2.24, 2.45) is 0 Å². The number of amides is 1. The lowest BCUT2D eigenvalue weighted by atomic mass is 9.79. The summed E-state index contributed by atoms with van der Waals surface area (Å²) in [6.45, 7) is 0.971. The lowest BCUT2D eigenvalue weighted by Crippen LogP contribution is -2.44. The first kappa shape index (κ1) is 18.5. The molecule has 1 fully saturated rings. The van der Waals surface area contributed by atoms with Crippen molar-refractivity contribution in [3.8, 4) is 0 Å².